The van der Waals surface area contributed by atoms with Gasteiger partial charge in [-0.2, -0.15) is 13.2 Å². The van der Waals surface area contributed by atoms with Crippen LogP contribution in [0.15, 0.2) is 84.9 Å². The van der Waals surface area contributed by atoms with Crippen LogP contribution < -0.4 is 4.48 Å². The van der Waals surface area contributed by atoms with Gasteiger partial charge in [-0.1, -0.05) is 60.7 Å². The molecule has 0 spiro atoms. The Hall–Kier alpha value is -3.05. The molecule has 0 saturated heterocycles. The van der Waals surface area contributed by atoms with Gasteiger partial charge in [-0.25, -0.2) is 8.42 Å². The molecule has 0 N–H and O–H groups in total. The van der Waals surface area contributed by atoms with Crippen LogP contribution in [0, 0.1) is 0 Å². The predicted octanol–water partition coefficient (Wildman–Crippen LogP) is 5.21. The van der Waals surface area contributed by atoms with Gasteiger partial charge in [0.2, 0.25) is 0 Å². The van der Waals surface area contributed by atoms with E-state index in [0.29, 0.717) is 0 Å². The zero-order chi connectivity index (χ0) is 27.9. The van der Waals surface area contributed by atoms with Crippen LogP contribution in [0.4, 0.5) is 18.9 Å². The van der Waals surface area contributed by atoms with Crippen LogP contribution in [0.5, 0.6) is 0 Å². The second kappa shape index (κ2) is 12.5. The number of ketones is 1. The monoisotopic (exact) mass is 536 g/mol. The van der Waals surface area contributed by atoms with Gasteiger partial charge >= 0.3 is 5.51 Å². The summed E-state index contributed by atoms with van der Waals surface area (Å²) in [5, 5.41) is 0. The molecule has 0 amide bonds. The molecule has 3 aromatic rings. The molecule has 0 aromatic heterocycles. The molecular formula is C27H31F3N2O4S. The van der Waals surface area contributed by atoms with Crippen molar-refractivity contribution >= 4 is 21.6 Å². The van der Waals surface area contributed by atoms with Gasteiger partial charge in [-0.15, -0.1) is 0 Å². The molecule has 1 atom stereocenters. The Morgan fingerprint density at radius 1 is 0.838 bits per heavy atom. The van der Waals surface area contributed by atoms with Crippen LogP contribution in [0.3, 0.4) is 0 Å². The van der Waals surface area contributed by atoms with Gasteiger partial charge in [0.1, 0.15) is 5.69 Å². The Balaban J connectivity index is 0.000000521. The molecule has 6 nitrogen and oxygen atoms in total. The Morgan fingerprint density at radius 2 is 1.22 bits per heavy atom. The lowest BCUT2D eigenvalue weighted by atomic mass is 10.0. The summed E-state index contributed by atoms with van der Waals surface area (Å²) in [5.41, 5.74) is -1.28. The molecular weight excluding hydrogens is 505 g/mol. The van der Waals surface area contributed by atoms with Crippen LogP contribution in [-0.4, -0.2) is 56.3 Å². The van der Waals surface area contributed by atoms with Crippen molar-refractivity contribution in [2.45, 2.75) is 31.6 Å². The van der Waals surface area contributed by atoms with Crippen LogP contribution in [0.1, 0.15) is 28.4 Å². The fourth-order valence-corrected chi connectivity index (χ4v) is 3.45. The zero-order valence-electron chi connectivity index (χ0n) is 21.1. The van der Waals surface area contributed by atoms with Crippen LogP contribution in [0.2, 0.25) is 0 Å². The molecule has 1 unspecified atom stereocenters. The van der Waals surface area contributed by atoms with Crippen molar-refractivity contribution in [2.75, 3.05) is 21.1 Å². The molecule has 200 valence electrons. The normalized spacial score (nSPS) is 13.0. The summed E-state index contributed by atoms with van der Waals surface area (Å²) in [4.78, 5) is 15.5. The smallest absolute Gasteiger partial charge is 0.485 e. The number of Topliss-reactive ketones (excluding diaryl/α,β-unsaturated/α-hetero) is 1. The first kappa shape index (κ1) is 30.2. The second-order valence-electron chi connectivity index (χ2n) is 9.38. The third-order valence-corrected chi connectivity index (χ3v) is 6.16. The molecule has 0 aliphatic carbocycles. The maximum absolute atomic E-state index is 13.3. The minimum Gasteiger partial charge on any atom is -0.741 e. The van der Waals surface area contributed by atoms with Crippen molar-refractivity contribution in [1.29, 1.82) is 0 Å². The number of nitrogens with zero attached hydrogens (tertiary/aromatic N) is 2. The first-order valence-corrected chi connectivity index (χ1v) is 12.8. The summed E-state index contributed by atoms with van der Waals surface area (Å²) in [7, 11) is 0.287. The largest absolute Gasteiger partial charge is 0.741 e. The van der Waals surface area contributed by atoms with E-state index in [-0.39, 0.29) is 11.8 Å². The van der Waals surface area contributed by atoms with E-state index in [1.165, 1.54) is 16.8 Å². The van der Waals surface area contributed by atoms with Gasteiger partial charge < -0.3 is 4.55 Å². The molecule has 0 aliphatic rings. The molecule has 0 aliphatic heterocycles. The molecule has 10 heteroatoms. The molecule has 0 saturated carbocycles. The molecule has 0 heterocycles. The lowest BCUT2D eigenvalue weighted by Gasteiger charge is -2.29. The van der Waals surface area contributed by atoms with Crippen molar-refractivity contribution in [1.82, 2.24) is 9.38 Å². The first-order valence-electron chi connectivity index (χ1n) is 11.4. The fourth-order valence-electron chi connectivity index (χ4n) is 3.45. The van der Waals surface area contributed by atoms with Gasteiger partial charge in [0.15, 0.2) is 15.9 Å². The minimum atomic E-state index is -6.09. The number of alkyl halides is 3. The van der Waals surface area contributed by atoms with Crippen molar-refractivity contribution in [3.63, 3.8) is 0 Å². The highest BCUT2D eigenvalue weighted by Gasteiger charge is 2.37. The van der Waals surface area contributed by atoms with E-state index in [9.17, 15) is 18.0 Å². The first-order chi connectivity index (χ1) is 17.1. The summed E-state index contributed by atoms with van der Waals surface area (Å²) in [6.07, 6.45) is 0. The Labute approximate surface area is 216 Å². The Bertz CT molecular complexity index is 1200. The number of hydrogen-bond acceptors (Lipinski definition) is 5. The van der Waals surface area contributed by atoms with Crippen molar-refractivity contribution < 1.29 is 30.9 Å². The lowest BCUT2D eigenvalue weighted by Crippen LogP contribution is -2.38. The Kier molecular flexibility index (Phi) is 10.2. The average molecular weight is 537 g/mol. The highest BCUT2D eigenvalue weighted by Crippen LogP contribution is 2.21. The fraction of sp³-hybridized carbons (Fsp3) is 0.296. The summed E-state index contributed by atoms with van der Waals surface area (Å²) in [6.45, 7) is 3.49. The van der Waals surface area contributed by atoms with Gasteiger partial charge in [-0.3, -0.25) is 14.2 Å². The van der Waals surface area contributed by atoms with Crippen LogP contribution >= 0.6 is 0 Å². The van der Waals surface area contributed by atoms with Gasteiger partial charge in [-0.05, 0) is 42.3 Å². The third kappa shape index (κ3) is 9.40. The number of halogens is 3. The lowest BCUT2D eigenvalue weighted by molar-refractivity contribution is -0.0517. The quantitative estimate of drug-likeness (QED) is 0.171. The highest BCUT2D eigenvalue weighted by atomic mass is 32.2. The molecule has 37 heavy (non-hydrogen) atoms. The van der Waals surface area contributed by atoms with E-state index in [0.717, 1.165) is 23.1 Å². The summed E-state index contributed by atoms with van der Waals surface area (Å²) in [5.74, 6) is 0.157. The SMILES string of the molecule is CC(C(=O)c1ccc([N+](C)(C)C)cc1)N(Cc1ccccc1)Cc1ccccc1.O=S(=O)([O-])C(F)(F)F. The van der Waals surface area contributed by atoms with E-state index in [1.54, 1.807) is 0 Å². The number of hydrogen-bond donors (Lipinski definition) is 0. The standard InChI is InChI=1S/C26H31N2O.CHF3O3S/c1-21(26(29)24-15-17-25(18-16-24)28(2,3)4)27(19-22-11-7-5-8-12-22)20-23-13-9-6-10-14-23;2-1(3,4)8(5,6)7/h5-18,21H,19-20H2,1-4H3;(H,5,6,7)/q+1;/p-1. The highest BCUT2D eigenvalue weighted by molar-refractivity contribution is 7.86. The van der Waals surface area contributed by atoms with E-state index in [1.807, 2.05) is 55.5 Å². The van der Waals surface area contributed by atoms with Gasteiger partial charge in [0.25, 0.3) is 0 Å². The third-order valence-electron chi connectivity index (χ3n) is 5.59. The number of rotatable bonds is 8. The molecule has 0 bridgehead atoms. The maximum Gasteiger partial charge on any atom is 0.485 e. The van der Waals surface area contributed by atoms with E-state index >= 15 is 0 Å². The van der Waals surface area contributed by atoms with Gasteiger partial charge in [0.05, 0.1) is 27.2 Å². The maximum atomic E-state index is 13.3. The zero-order valence-corrected chi connectivity index (χ0v) is 22.0. The van der Waals surface area contributed by atoms with Crippen LogP contribution in [-0.2, 0) is 23.2 Å². The summed E-state index contributed by atoms with van der Waals surface area (Å²) >= 11 is 0. The van der Waals surface area contributed by atoms with Crippen molar-refractivity contribution in [3.8, 4) is 0 Å². The molecule has 3 rings (SSSR count). The predicted molar refractivity (Wildman–Crippen MR) is 138 cm³/mol. The van der Waals surface area contributed by atoms with Crippen molar-refractivity contribution in [2.24, 2.45) is 0 Å². The topological polar surface area (TPSA) is 77.5 Å². The van der Waals surface area contributed by atoms with E-state index in [4.69, 9.17) is 13.0 Å². The minimum absolute atomic E-state index is 0.157. The van der Waals surface area contributed by atoms with Crippen LogP contribution in [0.25, 0.3) is 0 Å². The van der Waals surface area contributed by atoms with Gasteiger partial charge in [0, 0.05) is 18.7 Å². The van der Waals surface area contributed by atoms with Crippen molar-refractivity contribution in [3.05, 3.63) is 102 Å². The number of carbonyl (C=O) groups is 1. The van der Waals surface area contributed by atoms with E-state index in [2.05, 4.69) is 62.4 Å². The summed E-state index contributed by atoms with van der Waals surface area (Å²) in [6, 6.07) is 28.5. The average Bonchev–Trinajstić information content (AvgIpc) is 2.83. The molecule has 0 fully saturated rings. The number of benzene rings is 3. The van der Waals surface area contributed by atoms with E-state index < -0.39 is 15.6 Å². The molecule has 0 radical (unpaired) electrons. The number of carbonyl (C=O) groups excluding carboxylic acids is 1. The second-order valence-corrected chi connectivity index (χ2v) is 10.7. The molecule has 3 aromatic carbocycles. The summed E-state index contributed by atoms with van der Waals surface area (Å²) < 4.78 is 59.6. The number of quaternary nitrogens is 1. The Morgan fingerprint density at radius 3 is 1.54 bits per heavy atom.